The van der Waals surface area contributed by atoms with E-state index in [1.165, 1.54) is 11.3 Å². The molecule has 1 N–H and O–H groups in total. The largest absolute Gasteiger partial charge is 0.441 e. The van der Waals surface area contributed by atoms with Crippen LogP contribution in [0.15, 0.2) is 46.2 Å². The Morgan fingerprint density at radius 3 is 2.88 bits per heavy atom. The van der Waals surface area contributed by atoms with E-state index in [1.807, 2.05) is 41.8 Å². The molecule has 0 aliphatic rings. The Labute approximate surface area is 102 Å². The number of aromatic nitrogens is 1. The molecule has 0 fully saturated rings. The highest BCUT2D eigenvalue weighted by atomic mass is 32.1. The SMILES string of the molecule is OC(Cc1nc2ccccc2o1)c1cccs1. The number of benzene rings is 1. The van der Waals surface area contributed by atoms with Gasteiger partial charge in [-0.05, 0) is 23.6 Å². The Balaban J connectivity index is 1.85. The number of hydrogen-bond acceptors (Lipinski definition) is 4. The van der Waals surface area contributed by atoms with Gasteiger partial charge in [0.1, 0.15) is 5.52 Å². The van der Waals surface area contributed by atoms with Gasteiger partial charge in [-0.1, -0.05) is 18.2 Å². The molecule has 0 spiro atoms. The van der Waals surface area contributed by atoms with Crippen LogP contribution in [0.1, 0.15) is 16.9 Å². The maximum absolute atomic E-state index is 10.00. The van der Waals surface area contributed by atoms with Gasteiger partial charge in [0.25, 0.3) is 0 Å². The van der Waals surface area contributed by atoms with Crippen molar-refractivity contribution in [3.05, 3.63) is 52.5 Å². The second-order valence-corrected chi connectivity index (χ2v) is 4.79. The second-order valence-electron chi connectivity index (χ2n) is 3.81. The lowest BCUT2D eigenvalue weighted by molar-refractivity contribution is 0.173. The van der Waals surface area contributed by atoms with Crippen molar-refractivity contribution in [2.24, 2.45) is 0 Å². The molecule has 3 aromatic rings. The normalized spacial score (nSPS) is 13.0. The van der Waals surface area contributed by atoms with E-state index < -0.39 is 6.10 Å². The zero-order valence-electron chi connectivity index (χ0n) is 9.04. The molecule has 0 amide bonds. The molecular formula is C13H11NO2S. The zero-order chi connectivity index (χ0) is 11.7. The van der Waals surface area contributed by atoms with Gasteiger partial charge < -0.3 is 9.52 Å². The van der Waals surface area contributed by atoms with Crippen LogP contribution in [0.25, 0.3) is 11.1 Å². The molecule has 1 unspecified atom stereocenters. The maximum Gasteiger partial charge on any atom is 0.198 e. The summed E-state index contributed by atoms with van der Waals surface area (Å²) in [5, 5.41) is 11.9. The molecule has 86 valence electrons. The number of fused-ring (bicyclic) bond motifs is 1. The number of aliphatic hydroxyl groups excluding tert-OH is 1. The molecule has 3 nitrogen and oxygen atoms in total. The molecule has 0 saturated carbocycles. The minimum Gasteiger partial charge on any atom is -0.441 e. The van der Waals surface area contributed by atoms with E-state index in [0.29, 0.717) is 12.3 Å². The summed E-state index contributed by atoms with van der Waals surface area (Å²) in [7, 11) is 0. The number of aliphatic hydroxyl groups is 1. The van der Waals surface area contributed by atoms with E-state index in [4.69, 9.17) is 4.42 Å². The lowest BCUT2D eigenvalue weighted by Crippen LogP contribution is -1.99. The third kappa shape index (κ3) is 2.09. The van der Waals surface area contributed by atoms with Crippen molar-refractivity contribution in [1.82, 2.24) is 4.98 Å². The maximum atomic E-state index is 10.00. The van der Waals surface area contributed by atoms with Crippen molar-refractivity contribution in [1.29, 1.82) is 0 Å². The topological polar surface area (TPSA) is 46.3 Å². The highest BCUT2D eigenvalue weighted by molar-refractivity contribution is 7.10. The molecule has 0 radical (unpaired) electrons. The molecule has 0 aliphatic heterocycles. The van der Waals surface area contributed by atoms with Gasteiger partial charge in [-0.3, -0.25) is 0 Å². The van der Waals surface area contributed by atoms with Crippen LogP contribution in [0.5, 0.6) is 0 Å². The fourth-order valence-corrected chi connectivity index (χ4v) is 2.47. The molecule has 1 aromatic carbocycles. The van der Waals surface area contributed by atoms with E-state index in [2.05, 4.69) is 4.98 Å². The van der Waals surface area contributed by atoms with Crippen LogP contribution < -0.4 is 0 Å². The first-order chi connectivity index (χ1) is 8.33. The first kappa shape index (κ1) is 10.5. The van der Waals surface area contributed by atoms with Crippen molar-refractivity contribution in [3.8, 4) is 0 Å². The Hall–Kier alpha value is -1.65. The Morgan fingerprint density at radius 2 is 2.12 bits per heavy atom. The fraction of sp³-hybridized carbons (Fsp3) is 0.154. The molecular weight excluding hydrogens is 234 g/mol. The van der Waals surface area contributed by atoms with Crippen molar-refractivity contribution in [2.45, 2.75) is 12.5 Å². The predicted molar refractivity (Wildman–Crippen MR) is 67.0 cm³/mol. The van der Waals surface area contributed by atoms with Gasteiger partial charge in [-0.15, -0.1) is 11.3 Å². The molecule has 2 aromatic heterocycles. The Kier molecular flexibility index (Phi) is 2.66. The number of thiophene rings is 1. The average Bonchev–Trinajstić information content (AvgIpc) is 2.97. The molecule has 17 heavy (non-hydrogen) atoms. The standard InChI is InChI=1S/C13H11NO2S/c15-10(12-6-3-7-17-12)8-13-14-9-4-1-2-5-11(9)16-13/h1-7,10,15H,8H2. The highest BCUT2D eigenvalue weighted by Gasteiger charge is 2.13. The monoisotopic (exact) mass is 245 g/mol. The Morgan fingerprint density at radius 1 is 1.24 bits per heavy atom. The van der Waals surface area contributed by atoms with E-state index in [-0.39, 0.29) is 0 Å². The second kappa shape index (κ2) is 4.31. The lowest BCUT2D eigenvalue weighted by Gasteiger charge is -2.04. The van der Waals surface area contributed by atoms with Crippen LogP contribution in [-0.2, 0) is 6.42 Å². The molecule has 4 heteroatoms. The van der Waals surface area contributed by atoms with Crippen LogP contribution in [0.3, 0.4) is 0 Å². The van der Waals surface area contributed by atoms with Gasteiger partial charge in [0.2, 0.25) is 0 Å². The number of para-hydroxylation sites is 2. The number of hydrogen-bond donors (Lipinski definition) is 1. The van der Waals surface area contributed by atoms with Crippen LogP contribution in [-0.4, -0.2) is 10.1 Å². The summed E-state index contributed by atoms with van der Waals surface area (Å²) in [6.07, 6.45) is -0.127. The van der Waals surface area contributed by atoms with Gasteiger partial charge in [-0.2, -0.15) is 0 Å². The van der Waals surface area contributed by atoms with Crippen molar-refractivity contribution < 1.29 is 9.52 Å². The van der Waals surface area contributed by atoms with E-state index >= 15 is 0 Å². The average molecular weight is 245 g/mol. The van der Waals surface area contributed by atoms with Gasteiger partial charge >= 0.3 is 0 Å². The van der Waals surface area contributed by atoms with Gasteiger partial charge in [-0.25, -0.2) is 4.98 Å². The first-order valence-electron chi connectivity index (χ1n) is 5.39. The van der Waals surface area contributed by atoms with Crippen LogP contribution in [0.4, 0.5) is 0 Å². The minimum absolute atomic E-state index is 0.412. The number of nitrogens with zero attached hydrogens (tertiary/aromatic N) is 1. The van der Waals surface area contributed by atoms with E-state index in [0.717, 1.165) is 16.0 Å². The van der Waals surface area contributed by atoms with Gasteiger partial charge in [0.05, 0.1) is 12.5 Å². The summed E-state index contributed by atoms with van der Waals surface area (Å²) in [6.45, 7) is 0. The number of rotatable bonds is 3. The molecule has 0 saturated heterocycles. The summed E-state index contributed by atoms with van der Waals surface area (Å²) in [6, 6.07) is 11.5. The fourth-order valence-electron chi connectivity index (χ4n) is 1.75. The molecule has 3 rings (SSSR count). The highest BCUT2D eigenvalue weighted by Crippen LogP contribution is 2.24. The molecule has 0 aliphatic carbocycles. The summed E-state index contributed by atoms with van der Waals surface area (Å²) >= 11 is 1.54. The van der Waals surface area contributed by atoms with Crippen LogP contribution in [0, 0.1) is 0 Å². The first-order valence-corrected chi connectivity index (χ1v) is 6.27. The lowest BCUT2D eigenvalue weighted by atomic mass is 10.2. The number of oxazole rings is 1. The third-order valence-corrected chi connectivity index (χ3v) is 3.55. The van der Waals surface area contributed by atoms with Crippen molar-refractivity contribution in [2.75, 3.05) is 0 Å². The minimum atomic E-state index is -0.539. The summed E-state index contributed by atoms with van der Waals surface area (Å²) in [4.78, 5) is 5.28. The Bertz CT molecular complexity index is 582. The quantitative estimate of drug-likeness (QED) is 0.771. The predicted octanol–water partition coefficient (Wildman–Crippen LogP) is 3.17. The summed E-state index contributed by atoms with van der Waals surface area (Å²) in [5.74, 6) is 0.576. The van der Waals surface area contributed by atoms with E-state index in [1.54, 1.807) is 0 Å². The summed E-state index contributed by atoms with van der Waals surface area (Å²) in [5.41, 5.74) is 1.60. The van der Waals surface area contributed by atoms with Crippen LogP contribution >= 0.6 is 11.3 Å². The third-order valence-electron chi connectivity index (χ3n) is 2.58. The van der Waals surface area contributed by atoms with Gasteiger partial charge in [0, 0.05) is 4.88 Å². The van der Waals surface area contributed by atoms with Crippen molar-refractivity contribution >= 4 is 22.4 Å². The van der Waals surface area contributed by atoms with Gasteiger partial charge in [0.15, 0.2) is 11.5 Å². The smallest absolute Gasteiger partial charge is 0.198 e. The van der Waals surface area contributed by atoms with Crippen LogP contribution in [0.2, 0.25) is 0 Å². The van der Waals surface area contributed by atoms with Crippen molar-refractivity contribution in [3.63, 3.8) is 0 Å². The zero-order valence-corrected chi connectivity index (χ0v) is 9.85. The summed E-state index contributed by atoms with van der Waals surface area (Å²) < 4.78 is 5.57. The molecule has 2 heterocycles. The van der Waals surface area contributed by atoms with E-state index in [9.17, 15) is 5.11 Å². The molecule has 1 atom stereocenters. The molecule has 0 bridgehead atoms.